The number of rotatable bonds is 4. The van der Waals surface area contributed by atoms with Crippen molar-refractivity contribution in [2.75, 3.05) is 4.90 Å². The minimum Gasteiger partial charge on any atom is -0.310 e. The van der Waals surface area contributed by atoms with Crippen LogP contribution < -0.4 is 4.90 Å². The van der Waals surface area contributed by atoms with Crippen LogP contribution in [-0.4, -0.2) is 0 Å². The van der Waals surface area contributed by atoms with Crippen molar-refractivity contribution < 1.29 is 0 Å². The molecule has 1 heteroatoms. The summed E-state index contributed by atoms with van der Waals surface area (Å²) in [5.74, 6) is 0.507. The Hall–Kier alpha value is -3.06. The number of anilines is 3. The van der Waals surface area contributed by atoms with Crippen LogP contribution in [0, 0.1) is 13.8 Å². The minimum absolute atomic E-state index is 0.507. The molecule has 0 amide bonds. The fourth-order valence-electron chi connectivity index (χ4n) is 3.87. The van der Waals surface area contributed by atoms with E-state index in [0.29, 0.717) is 5.92 Å². The Balaban J connectivity index is 1.98. The van der Waals surface area contributed by atoms with Gasteiger partial charge in [-0.15, -0.1) is 0 Å². The average molecular weight is 366 g/mol. The molecule has 0 unspecified atom stereocenters. The predicted octanol–water partition coefficient (Wildman–Crippen LogP) is 8.00. The summed E-state index contributed by atoms with van der Waals surface area (Å²) in [6.45, 7) is 8.98. The lowest BCUT2D eigenvalue weighted by Crippen LogP contribution is -2.09. The second-order valence-corrected chi connectivity index (χ2v) is 7.80. The highest BCUT2D eigenvalue weighted by molar-refractivity contribution is 5.89. The van der Waals surface area contributed by atoms with Gasteiger partial charge in [0.1, 0.15) is 0 Å². The van der Waals surface area contributed by atoms with Gasteiger partial charge in [0.15, 0.2) is 0 Å². The van der Waals surface area contributed by atoms with Crippen molar-refractivity contribution in [2.45, 2.75) is 33.6 Å². The fourth-order valence-corrected chi connectivity index (χ4v) is 3.87. The second-order valence-electron chi connectivity index (χ2n) is 7.80. The SMILES string of the molecule is Cc1ccc(C(C)C)cc2c(C)c(N(c3ccccc3)c3ccccc3)cc1-2. The summed E-state index contributed by atoms with van der Waals surface area (Å²) in [4.78, 5) is 2.36. The monoisotopic (exact) mass is 365 g/mol. The molecule has 0 atom stereocenters. The molecular weight excluding hydrogens is 338 g/mol. The van der Waals surface area contributed by atoms with Gasteiger partial charge in [0.2, 0.25) is 0 Å². The van der Waals surface area contributed by atoms with Crippen molar-refractivity contribution in [1.82, 2.24) is 0 Å². The van der Waals surface area contributed by atoms with E-state index in [-0.39, 0.29) is 0 Å². The molecule has 0 bridgehead atoms. The zero-order valence-electron chi connectivity index (χ0n) is 17.1. The summed E-state index contributed by atoms with van der Waals surface area (Å²) in [5, 5.41) is 0. The van der Waals surface area contributed by atoms with Gasteiger partial charge in [-0.3, -0.25) is 0 Å². The molecule has 28 heavy (non-hydrogen) atoms. The van der Waals surface area contributed by atoms with E-state index in [1.54, 1.807) is 0 Å². The molecule has 0 saturated heterocycles. The van der Waals surface area contributed by atoms with Crippen LogP contribution in [0.2, 0.25) is 0 Å². The molecule has 2 aliphatic carbocycles. The maximum Gasteiger partial charge on any atom is 0.0503 e. The van der Waals surface area contributed by atoms with Gasteiger partial charge in [-0.1, -0.05) is 68.4 Å². The van der Waals surface area contributed by atoms with Crippen molar-refractivity contribution >= 4 is 17.1 Å². The lowest BCUT2D eigenvalue weighted by Gasteiger charge is -2.25. The average Bonchev–Trinajstić information content (AvgIpc) is 2.92. The highest BCUT2D eigenvalue weighted by atomic mass is 15.1. The molecule has 1 nitrogen and oxygen atoms in total. The second kappa shape index (κ2) is 7.52. The molecule has 0 fully saturated rings. The van der Waals surface area contributed by atoms with Crippen LogP contribution in [0.1, 0.15) is 36.5 Å². The zero-order chi connectivity index (χ0) is 19.7. The quantitative estimate of drug-likeness (QED) is 0.354. The maximum atomic E-state index is 2.38. The van der Waals surface area contributed by atoms with E-state index in [2.05, 4.69) is 118 Å². The summed E-state index contributed by atoms with van der Waals surface area (Å²) < 4.78 is 0. The Morgan fingerprint density at radius 3 is 1.75 bits per heavy atom. The molecule has 4 rings (SSSR count). The molecule has 0 radical (unpaired) electrons. The topological polar surface area (TPSA) is 3.24 Å². The molecule has 0 N–H and O–H groups in total. The molecule has 2 aromatic rings. The molecule has 0 aromatic heterocycles. The van der Waals surface area contributed by atoms with Crippen molar-refractivity contribution in [2.24, 2.45) is 0 Å². The third-order valence-electron chi connectivity index (χ3n) is 5.56. The van der Waals surface area contributed by atoms with Crippen LogP contribution in [0.5, 0.6) is 0 Å². The van der Waals surface area contributed by atoms with Crippen LogP contribution in [0.4, 0.5) is 17.1 Å². The molecular formula is C27H27N. The molecule has 2 aliphatic rings. The van der Waals surface area contributed by atoms with Crippen molar-refractivity contribution in [3.8, 4) is 11.1 Å². The largest absolute Gasteiger partial charge is 0.310 e. The standard InChI is InChI=1S/C27H27N/c1-19(2)22-16-15-20(3)25-18-27(21(4)26(25)17-22)28(23-11-7-5-8-12-23)24-13-9-6-10-14-24/h5-19H,1-4H3. The third-order valence-corrected chi connectivity index (χ3v) is 5.56. The van der Waals surface area contributed by atoms with E-state index >= 15 is 0 Å². The number of hydrogen-bond donors (Lipinski definition) is 0. The first kappa shape index (κ1) is 18.3. The van der Waals surface area contributed by atoms with Gasteiger partial charge in [0.25, 0.3) is 0 Å². The minimum atomic E-state index is 0.507. The molecule has 140 valence electrons. The van der Waals surface area contributed by atoms with Crippen LogP contribution in [0.25, 0.3) is 11.1 Å². The molecule has 0 saturated carbocycles. The summed E-state index contributed by atoms with van der Waals surface area (Å²) in [7, 11) is 0. The smallest absolute Gasteiger partial charge is 0.0503 e. The van der Waals surface area contributed by atoms with Crippen molar-refractivity contribution in [3.63, 3.8) is 0 Å². The highest BCUT2D eigenvalue weighted by Crippen LogP contribution is 2.44. The van der Waals surface area contributed by atoms with Crippen molar-refractivity contribution in [3.05, 3.63) is 102 Å². The first-order valence-corrected chi connectivity index (χ1v) is 10.0. The number of nitrogens with zero attached hydrogens (tertiary/aromatic N) is 1. The lowest BCUT2D eigenvalue weighted by atomic mass is 10.0. The van der Waals surface area contributed by atoms with E-state index in [1.165, 1.54) is 44.9 Å². The van der Waals surface area contributed by atoms with E-state index in [1.807, 2.05) is 0 Å². The number of fused-ring (bicyclic) bond motifs is 1. The number of para-hydroxylation sites is 2. The van der Waals surface area contributed by atoms with Gasteiger partial charge in [-0.25, -0.2) is 0 Å². The Labute approximate surface area is 168 Å². The maximum absolute atomic E-state index is 2.38. The van der Waals surface area contributed by atoms with Crippen molar-refractivity contribution in [1.29, 1.82) is 0 Å². The van der Waals surface area contributed by atoms with Crippen LogP contribution in [-0.2, 0) is 0 Å². The van der Waals surface area contributed by atoms with E-state index in [4.69, 9.17) is 0 Å². The lowest BCUT2D eigenvalue weighted by molar-refractivity contribution is 0.868. The van der Waals surface area contributed by atoms with Gasteiger partial charge in [-0.2, -0.15) is 0 Å². The normalized spacial score (nSPS) is 11.2. The van der Waals surface area contributed by atoms with Gasteiger partial charge in [0.05, 0.1) is 5.69 Å². The number of benzene rings is 2. The first-order chi connectivity index (χ1) is 13.6. The Morgan fingerprint density at radius 1 is 0.643 bits per heavy atom. The Kier molecular flexibility index (Phi) is 4.92. The number of aryl methyl sites for hydroxylation is 1. The summed E-state index contributed by atoms with van der Waals surface area (Å²) in [6.07, 6.45) is 0. The van der Waals surface area contributed by atoms with Gasteiger partial charge < -0.3 is 4.90 Å². The predicted molar refractivity (Wildman–Crippen MR) is 121 cm³/mol. The third kappa shape index (κ3) is 3.29. The van der Waals surface area contributed by atoms with Crippen LogP contribution in [0.15, 0.2) is 84.9 Å². The van der Waals surface area contributed by atoms with Gasteiger partial charge in [-0.05, 0) is 77.9 Å². The van der Waals surface area contributed by atoms with E-state index < -0.39 is 0 Å². The Bertz CT molecular complexity index is 1010. The van der Waals surface area contributed by atoms with Crippen LogP contribution >= 0.6 is 0 Å². The van der Waals surface area contributed by atoms with E-state index in [0.717, 1.165) is 0 Å². The highest BCUT2D eigenvalue weighted by Gasteiger charge is 2.21. The first-order valence-electron chi connectivity index (χ1n) is 10.0. The van der Waals surface area contributed by atoms with Gasteiger partial charge >= 0.3 is 0 Å². The summed E-state index contributed by atoms with van der Waals surface area (Å²) in [6, 6.07) is 30.5. The fraction of sp³-hybridized carbons (Fsp3) is 0.185. The Morgan fingerprint density at radius 2 is 1.21 bits per heavy atom. The molecule has 0 spiro atoms. The zero-order valence-corrected chi connectivity index (χ0v) is 17.1. The summed E-state index contributed by atoms with van der Waals surface area (Å²) >= 11 is 0. The van der Waals surface area contributed by atoms with Gasteiger partial charge in [0, 0.05) is 11.4 Å². The number of hydrogen-bond acceptors (Lipinski definition) is 1. The van der Waals surface area contributed by atoms with E-state index in [9.17, 15) is 0 Å². The molecule has 2 aromatic carbocycles. The molecule has 0 heterocycles. The summed E-state index contributed by atoms with van der Waals surface area (Å²) in [5.41, 5.74) is 10.3. The van der Waals surface area contributed by atoms with Crippen LogP contribution in [0.3, 0.4) is 0 Å². The molecule has 0 aliphatic heterocycles.